The summed E-state index contributed by atoms with van der Waals surface area (Å²) >= 11 is 4.73. The standard InChI is InChI=1S/C19H15BrFN3OS/c1-12-10-18(24-19(22-12)13-6-8-14(21)9-7-13)26-11-17(25)23-16-5-3-2-4-15(16)20/h2-10H,11H2,1H3,(H,23,25). The molecule has 0 spiro atoms. The lowest BCUT2D eigenvalue weighted by atomic mass is 10.2. The fraction of sp³-hybridized carbons (Fsp3) is 0.105. The molecule has 4 nitrogen and oxygen atoms in total. The summed E-state index contributed by atoms with van der Waals surface area (Å²) in [4.78, 5) is 21.0. The highest BCUT2D eigenvalue weighted by atomic mass is 79.9. The Bertz CT molecular complexity index is 934. The van der Waals surface area contributed by atoms with E-state index in [0.717, 1.165) is 21.4 Å². The van der Waals surface area contributed by atoms with Gasteiger partial charge in [-0.25, -0.2) is 14.4 Å². The first-order chi connectivity index (χ1) is 12.5. The molecule has 132 valence electrons. The molecule has 0 aliphatic carbocycles. The second-order valence-electron chi connectivity index (χ2n) is 5.49. The van der Waals surface area contributed by atoms with Crippen LogP contribution in [0, 0.1) is 12.7 Å². The topological polar surface area (TPSA) is 54.9 Å². The minimum Gasteiger partial charge on any atom is -0.324 e. The Morgan fingerprint density at radius 1 is 1.15 bits per heavy atom. The van der Waals surface area contributed by atoms with Gasteiger partial charge in [-0.2, -0.15) is 0 Å². The number of rotatable bonds is 5. The minimum atomic E-state index is -0.306. The number of aromatic nitrogens is 2. The summed E-state index contributed by atoms with van der Waals surface area (Å²) in [5.74, 6) is 0.306. The third kappa shape index (κ3) is 4.89. The monoisotopic (exact) mass is 431 g/mol. The molecule has 0 fully saturated rings. The van der Waals surface area contributed by atoms with Crippen molar-refractivity contribution in [1.29, 1.82) is 0 Å². The van der Waals surface area contributed by atoms with Crippen molar-refractivity contribution in [3.8, 4) is 11.4 Å². The van der Waals surface area contributed by atoms with Gasteiger partial charge in [-0.1, -0.05) is 23.9 Å². The molecule has 26 heavy (non-hydrogen) atoms. The number of thioether (sulfide) groups is 1. The zero-order valence-corrected chi connectivity index (χ0v) is 16.3. The van der Waals surface area contributed by atoms with Crippen LogP contribution in [0.2, 0.25) is 0 Å². The predicted octanol–water partition coefficient (Wildman–Crippen LogP) is 5.08. The van der Waals surface area contributed by atoms with E-state index < -0.39 is 0 Å². The van der Waals surface area contributed by atoms with E-state index >= 15 is 0 Å². The molecule has 2 aromatic carbocycles. The van der Waals surface area contributed by atoms with Crippen LogP contribution in [0.25, 0.3) is 11.4 Å². The quantitative estimate of drug-likeness (QED) is 0.451. The number of nitrogens with zero attached hydrogens (tertiary/aromatic N) is 2. The second-order valence-corrected chi connectivity index (χ2v) is 7.34. The maximum atomic E-state index is 13.1. The molecule has 7 heteroatoms. The largest absolute Gasteiger partial charge is 0.324 e. The molecule has 3 rings (SSSR count). The van der Waals surface area contributed by atoms with E-state index in [1.165, 1.54) is 23.9 Å². The first kappa shape index (κ1) is 18.5. The number of nitrogens with one attached hydrogen (secondary N) is 1. The SMILES string of the molecule is Cc1cc(SCC(=O)Nc2ccccc2Br)nc(-c2ccc(F)cc2)n1. The van der Waals surface area contributed by atoms with Crippen LogP contribution in [0.15, 0.2) is 64.1 Å². The molecule has 0 atom stereocenters. The van der Waals surface area contributed by atoms with Crippen molar-refractivity contribution in [1.82, 2.24) is 9.97 Å². The van der Waals surface area contributed by atoms with Gasteiger partial charge in [-0.3, -0.25) is 4.79 Å². The molecule has 0 unspecified atom stereocenters. The number of benzene rings is 2. The van der Waals surface area contributed by atoms with Crippen molar-refractivity contribution < 1.29 is 9.18 Å². The first-order valence-electron chi connectivity index (χ1n) is 7.80. The number of para-hydroxylation sites is 1. The van der Waals surface area contributed by atoms with Crippen molar-refractivity contribution in [3.63, 3.8) is 0 Å². The molecular weight excluding hydrogens is 417 g/mol. The van der Waals surface area contributed by atoms with Crippen LogP contribution >= 0.6 is 27.7 Å². The summed E-state index contributed by atoms with van der Waals surface area (Å²) in [6.45, 7) is 1.86. The van der Waals surface area contributed by atoms with Crippen LogP contribution in [0.1, 0.15) is 5.69 Å². The lowest BCUT2D eigenvalue weighted by Gasteiger charge is -2.08. The maximum absolute atomic E-state index is 13.1. The van der Waals surface area contributed by atoms with Gasteiger partial charge in [0.25, 0.3) is 0 Å². The van der Waals surface area contributed by atoms with Gasteiger partial charge < -0.3 is 5.32 Å². The zero-order chi connectivity index (χ0) is 18.5. The summed E-state index contributed by atoms with van der Waals surface area (Å²) in [7, 11) is 0. The van der Waals surface area contributed by atoms with Crippen molar-refractivity contribution in [2.75, 3.05) is 11.1 Å². The van der Waals surface area contributed by atoms with E-state index in [1.807, 2.05) is 37.3 Å². The third-order valence-electron chi connectivity index (χ3n) is 3.43. The number of carbonyl (C=O) groups excluding carboxylic acids is 1. The van der Waals surface area contributed by atoms with Crippen LogP contribution in [0.5, 0.6) is 0 Å². The minimum absolute atomic E-state index is 0.124. The van der Waals surface area contributed by atoms with Crippen LogP contribution in [-0.2, 0) is 4.79 Å². The zero-order valence-electron chi connectivity index (χ0n) is 13.9. The molecule has 0 saturated carbocycles. The molecule has 0 radical (unpaired) electrons. The summed E-state index contributed by atoms with van der Waals surface area (Å²) in [5.41, 5.74) is 2.24. The molecule has 1 heterocycles. The van der Waals surface area contributed by atoms with Crippen molar-refractivity contribution in [2.24, 2.45) is 0 Å². The van der Waals surface area contributed by atoms with Crippen LogP contribution in [0.3, 0.4) is 0 Å². The fourth-order valence-electron chi connectivity index (χ4n) is 2.23. The van der Waals surface area contributed by atoms with Crippen LogP contribution in [-0.4, -0.2) is 21.6 Å². The summed E-state index contributed by atoms with van der Waals surface area (Å²) in [6, 6.07) is 15.3. The Labute approximate surface area is 163 Å². The van der Waals surface area contributed by atoms with Crippen molar-refractivity contribution in [2.45, 2.75) is 11.9 Å². The molecule has 1 aromatic heterocycles. The van der Waals surface area contributed by atoms with Crippen LogP contribution in [0.4, 0.5) is 10.1 Å². The number of halogens is 2. The van der Waals surface area contributed by atoms with Gasteiger partial charge in [-0.15, -0.1) is 0 Å². The number of aryl methyl sites for hydroxylation is 1. The molecule has 0 aliphatic rings. The predicted molar refractivity (Wildman–Crippen MR) is 106 cm³/mol. The Kier molecular flexibility index (Phi) is 6.00. The average molecular weight is 432 g/mol. The average Bonchev–Trinajstić information content (AvgIpc) is 2.62. The van der Waals surface area contributed by atoms with E-state index in [-0.39, 0.29) is 17.5 Å². The molecule has 0 bridgehead atoms. The summed E-state index contributed by atoms with van der Waals surface area (Å²) < 4.78 is 13.9. The van der Waals surface area contributed by atoms with Gasteiger partial charge in [0.15, 0.2) is 5.82 Å². The highest BCUT2D eigenvalue weighted by molar-refractivity contribution is 9.10. The van der Waals surface area contributed by atoms with Gasteiger partial charge in [0, 0.05) is 15.7 Å². The Morgan fingerprint density at radius 3 is 2.62 bits per heavy atom. The van der Waals surface area contributed by atoms with Crippen molar-refractivity contribution >= 4 is 39.3 Å². The number of amides is 1. The van der Waals surface area contributed by atoms with Gasteiger partial charge in [0.1, 0.15) is 10.8 Å². The smallest absolute Gasteiger partial charge is 0.234 e. The highest BCUT2D eigenvalue weighted by Crippen LogP contribution is 2.24. The van der Waals surface area contributed by atoms with Gasteiger partial charge >= 0.3 is 0 Å². The summed E-state index contributed by atoms with van der Waals surface area (Å²) in [5, 5.41) is 3.55. The molecule has 1 N–H and O–H groups in total. The Balaban J connectivity index is 1.69. The van der Waals surface area contributed by atoms with E-state index in [1.54, 1.807) is 12.1 Å². The van der Waals surface area contributed by atoms with E-state index in [9.17, 15) is 9.18 Å². The van der Waals surface area contributed by atoms with Gasteiger partial charge in [0.05, 0.1) is 11.4 Å². The fourth-order valence-corrected chi connectivity index (χ4v) is 3.37. The van der Waals surface area contributed by atoms with Gasteiger partial charge in [0.2, 0.25) is 5.91 Å². The molecule has 1 amide bonds. The number of hydrogen-bond donors (Lipinski definition) is 1. The summed E-state index contributed by atoms with van der Waals surface area (Å²) in [6.07, 6.45) is 0. The van der Waals surface area contributed by atoms with Crippen molar-refractivity contribution in [3.05, 3.63) is 70.6 Å². The van der Waals surface area contributed by atoms with Gasteiger partial charge in [-0.05, 0) is 65.3 Å². The Hall–Kier alpha value is -2.25. The maximum Gasteiger partial charge on any atom is 0.234 e. The lowest BCUT2D eigenvalue weighted by Crippen LogP contribution is -2.14. The molecule has 0 saturated heterocycles. The second kappa shape index (κ2) is 8.42. The van der Waals surface area contributed by atoms with E-state index in [2.05, 4.69) is 31.2 Å². The normalized spacial score (nSPS) is 10.6. The molecular formula is C19H15BrFN3OS. The molecule has 0 aliphatic heterocycles. The number of hydrogen-bond acceptors (Lipinski definition) is 4. The molecule has 3 aromatic rings. The number of anilines is 1. The van der Waals surface area contributed by atoms with E-state index in [0.29, 0.717) is 10.9 Å². The van der Waals surface area contributed by atoms with Crippen LogP contribution < -0.4 is 5.32 Å². The Morgan fingerprint density at radius 2 is 1.88 bits per heavy atom. The van der Waals surface area contributed by atoms with E-state index in [4.69, 9.17) is 0 Å². The number of carbonyl (C=O) groups is 1. The third-order valence-corrected chi connectivity index (χ3v) is 5.04. The lowest BCUT2D eigenvalue weighted by molar-refractivity contribution is -0.113. The highest BCUT2D eigenvalue weighted by Gasteiger charge is 2.09. The first-order valence-corrected chi connectivity index (χ1v) is 9.58.